The first-order valence-electron chi connectivity index (χ1n) is 7.87. The van der Waals surface area contributed by atoms with E-state index in [1.165, 1.54) is 0 Å². The predicted molar refractivity (Wildman–Crippen MR) is 106 cm³/mol. The van der Waals surface area contributed by atoms with Crippen molar-refractivity contribution in [3.05, 3.63) is 75.5 Å². The molecule has 0 saturated heterocycles. The lowest BCUT2D eigenvalue weighted by atomic mass is 10.2. The Labute approximate surface area is 161 Å². The largest absolute Gasteiger partial charge is 0.324 e. The fraction of sp³-hybridized carbons (Fsp3) is 0.105. The molecule has 0 radical (unpaired) electrons. The third-order valence-electron chi connectivity index (χ3n) is 3.70. The van der Waals surface area contributed by atoms with Gasteiger partial charge in [-0.15, -0.1) is 0 Å². The van der Waals surface area contributed by atoms with E-state index in [0.29, 0.717) is 27.4 Å². The van der Waals surface area contributed by atoms with E-state index in [9.17, 15) is 4.79 Å². The van der Waals surface area contributed by atoms with Crippen LogP contribution in [0.15, 0.2) is 48.5 Å². The topological polar surface area (TPSA) is 66.9 Å². The number of carbonyl (C=O) groups excluding carboxylic acids is 1. The summed E-state index contributed by atoms with van der Waals surface area (Å²) < 4.78 is 0. The molecule has 0 aliphatic heterocycles. The molecule has 2 N–H and O–H groups in total. The minimum atomic E-state index is -0.330. The van der Waals surface area contributed by atoms with E-state index in [1.807, 2.05) is 25.1 Å². The number of aromatic nitrogens is 2. The van der Waals surface area contributed by atoms with Gasteiger partial charge in [0.15, 0.2) is 0 Å². The Morgan fingerprint density at radius 1 is 1.00 bits per heavy atom. The Morgan fingerprint density at radius 2 is 1.73 bits per heavy atom. The first-order valence-corrected chi connectivity index (χ1v) is 8.63. The van der Waals surface area contributed by atoms with Gasteiger partial charge >= 0.3 is 0 Å². The van der Waals surface area contributed by atoms with Gasteiger partial charge in [0.2, 0.25) is 5.95 Å². The van der Waals surface area contributed by atoms with Crippen LogP contribution in [-0.4, -0.2) is 15.9 Å². The molecule has 0 fully saturated rings. The lowest BCUT2D eigenvalue weighted by Gasteiger charge is -2.11. The van der Waals surface area contributed by atoms with Crippen molar-refractivity contribution in [2.75, 3.05) is 10.6 Å². The summed E-state index contributed by atoms with van der Waals surface area (Å²) in [6, 6.07) is 14.0. The van der Waals surface area contributed by atoms with E-state index in [4.69, 9.17) is 23.2 Å². The normalized spacial score (nSPS) is 10.5. The molecule has 0 bridgehead atoms. The lowest BCUT2D eigenvalue weighted by molar-refractivity contribution is 0.102. The van der Waals surface area contributed by atoms with Crippen molar-refractivity contribution in [2.45, 2.75) is 13.8 Å². The van der Waals surface area contributed by atoms with Crippen molar-refractivity contribution in [3.8, 4) is 0 Å². The molecule has 0 unspecified atom stereocenters. The molecule has 1 amide bonds. The van der Waals surface area contributed by atoms with Crippen molar-refractivity contribution in [1.82, 2.24) is 9.97 Å². The molecule has 5 nitrogen and oxygen atoms in total. The van der Waals surface area contributed by atoms with Gasteiger partial charge < -0.3 is 10.6 Å². The van der Waals surface area contributed by atoms with E-state index < -0.39 is 0 Å². The first-order chi connectivity index (χ1) is 12.4. The fourth-order valence-corrected chi connectivity index (χ4v) is 2.63. The molecule has 132 valence electrons. The molecule has 0 aliphatic rings. The summed E-state index contributed by atoms with van der Waals surface area (Å²) in [5.74, 6) is 0.000288. The van der Waals surface area contributed by atoms with Gasteiger partial charge in [0, 0.05) is 27.1 Å². The van der Waals surface area contributed by atoms with Crippen LogP contribution < -0.4 is 10.6 Å². The second-order valence-corrected chi connectivity index (χ2v) is 6.56. The minimum Gasteiger partial charge on any atom is -0.324 e. The van der Waals surface area contributed by atoms with Gasteiger partial charge in [-0.2, -0.15) is 0 Å². The summed E-state index contributed by atoms with van der Waals surface area (Å²) >= 11 is 12.0. The Bertz CT molecular complexity index is 958. The molecule has 1 aromatic heterocycles. The van der Waals surface area contributed by atoms with Crippen molar-refractivity contribution >= 4 is 46.4 Å². The highest BCUT2D eigenvalue weighted by molar-refractivity contribution is 6.31. The molecule has 0 aliphatic carbocycles. The van der Waals surface area contributed by atoms with Crippen molar-refractivity contribution in [1.29, 1.82) is 0 Å². The summed E-state index contributed by atoms with van der Waals surface area (Å²) in [7, 11) is 0. The second kappa shape index (κ2) is 7.72. The van der Waals surface area contributed by atoms with E-state index in [2.05, 4.69) is 20.6 Å². The number of nitrogens with zero attached hydrogens (tertiary/aromatic N) is 2. The fourth-order valence-electron chi connectivity index (χ4n) is 2.33. The number of amides is 1. The molecule has 26 heavy (non-hydrogen) atoms. The van der Waals surface area contributed by atoms with Gasteiger partial charge in [0.05, 0.1) is 0 Å². The van der Waals surface area contributed by atoms with Crippen LogP contribution in [0.5, 0.6) is 0 Å². The number of nitrogens with one attached hydrogen (secondary N) is 2. The second-order valence-electron chi connectivity index (χ2n) is 5.72. The highest BCUT2D eigenvalue weighted by Crippen LogP contribution is 2.25. The van der Waals surface area contributed by atoms with E-state index in [0.717, 1.165) is 11.3 Å². The van der Waals surface area contributed by atoms with Gasteiger partial charge in [-0.1, -0.05) is 29.3 Å². The number of benzene rings is 2. The highest BCUT2D eigenvalue weighted by Gasteiger charge is 2.12. The van der Waals surface area contributed by atoms with Crippen LogP contribution in [0.3, 0.4) is 0 Å². The van der Waals surface area contributed by atoms with Gasteiger partial charge in [0.25, 0.3) is 5.91 Å². The van der Waals surface area contributed by atoms with Crippen LogP contribution in [0.25, 0.3) is 0 Å². The van der Waals surface area contributed by atoms with Crippen molar-refractivity contribution < 1.29 is 4.79 Å². The summed E-state index contributed by atoms with van der Waals surface area (Å²) in [5, 5.41) is 7.15. The molecule has 0 saturated carbocycles. The molecular weight excluding hydrogens is 371 g/mol. The Morgan fingerprint density at radius 3 is 2.46 bits per heavy atom. The number of hydrogen-bond acceptors (Lipinski definition) is 4. The number of aryl methyl sites for hydroxylation is 1. The summed E-state index contributed by atoms with van der Waals surface area (Å²) in [5.41, 5.74) is 3.23. The van der Waals surface area contributed by atoms with Crippen LogP contribution >= 0.6 is 23.2 Å². The van der Waals surface area contributed by atoms with Crippen LogP contribution in [0, 0.1) is 13.8 Å². The minimum absolute atomic E-state index is 0.259. The van der Waals surface area contributed by atoms with Crippen LogP contribution in [0.4, 0.5) is 17.3 Å². The molecule has 3 rings (SSSR count). The summed E-state index contributed by atoms with van der Waals surface area (Å²) in [6.45, 7) is 3.70. The number of rotatable bonds is 4. The van der Waals surface area contributed by atoms with Crippen LogP contribution in [0.1, 0.15) is 21.7 Å². The maximum atomic E-state index is 12.5. The standard InChI is InChI=1S/C19H16Cl2N4O/c1-11-10-17(18(26)23-14-8-6-13(20)7-9-14)25-19(22-11)24-16-5-3-4-15(21)12(16)2/h3-10H,1-2H3,(H,23,26)(H,22,24,25). The Kier molecular flexibility index (Phi) is 5.40. The molecule has 7 heteroatoms. The summed E-state index contributed by atoms with van der Waals surface area (Å²) in [6.07, 6.45) is 0. The van der Waals surface area contributed by atoms with Gasteiger partial charge in [-0.05, 0) is 61.9 Å². The molecule has 0 atom stereocenters. The van der Waals surface area contributed by atoms with E-state index >= 15 is 0 Å². The maximum absolute atomic E-state index is 12.5. The Balaban J connectivity index is 1.84. The lowest BCUT2D eigenvalue weighted by Crippen LogP contribution is -2.15. The molecule has 1 heterocycles. The zero-order valence-electron chi connectivity index (χ0n) is 14.2. The quantitative estimate of drug-likeness (QED) is 0.629. The Hall–Kier alpha value is -2.63. The zero-order chi connectivity index (χ0) is 18.7. The average Bonchev–Trinajstić information content (AvgIpc) is 2.60. The van der Waals surface area contributed by atoms with Crippen molar-refractivity contribution in [2.24, 2.45) is 0 Å². The molecule has 0 spiro atoms. The van der Waals surface area contributed by atoms with Gasteiger partial charge in [0.1, 0.15) is 5.69 Å². The SMILES string of the molecule is Cc1cc(C(=O)Nc2ccc(Cl)cc2)nc(Nc2cccc(Cl)c2C)n1. The molecule has 2 aromatic carbocycles. The number of hydrogen-bond donors (Lipinski definition) is 2. The van der Waals surface area contributed by atoms with E-state index in [1.54, 1.807) is 37.3 Å². The third kappa shape index (κ3) is 4.31. The highest BCUT2D eigenvalue weighted by atomic mass is 35.5. The number of halogens is 2. The predicted octanol–water partition coefficient (Wildman–Crippen LogP) is 5.40. The smallest absolute Gasteiger partial charge is 0.274 e. The van der Waals surface area contributed by atoms with Crippen LogP contribution in [0.2, 0.25) is 10.0 Å². The maximum Gasteiger partial charge on any atom is 0.274 e. The van der Waals surface area contributed by atoms with Gasteiger partial charge in [-0.3, -0.25) is 4.79 Å². The number of carbonyl (C=O) groups is 1. The van der Waals surface area contributed by atoms with Gasteiger partial charge in [-0.25, -0.2) is 9.97 Å². The zero-order valence-corrected chi connectivity index (χ0v) is 15.7. The van der Waals surface area contributed by atoms with Crippen molar-refractivity contribution in [3.63, 3.8) is 0 Å². The first kappa shape index (κ1) is 18.2. The number of anilines is 3. The monoisotopic (exact) mass is 386 g/mol. The average molecular weight is 387 g/mol. The molecule has 3 aromatic rings. The third-order valence-corrected chi connectivity index (χ3v) is 4.36. The summed E-state index contributed by atoms with van der Waals surface area (Å²) in [4.78, 5) is 21.1. The molecular formula is C19H16Cl2N4O. The van der Waals surface area contributed by atoms with E-state index in [-0.39, 0.29) is 11.6 Å². The van der Waals surface area contributed by atoms with Crippen LogP contribution in [-0.2, 0) is 0 Å².